The standard InChI is InChI=1S/C28H37F3N4O/c1-20-8-11-22-18-34(17-21-9-10-21)13-12-24(22)27(20)32-16-26(36)35(15-14-33(2)3)19-23-6-4-5-7-25(23)28(29,30)31/h4-8,11,21,32H,9-10,12-19H2,1-3H3. The van der Waals surface area contributed by atoms with Gasteiger partial charge in [-0.15, -0.1) is 0 Å². The van der Waals surface area contributed by atoms with Crippen LogP contribution in [0.15, 0.2) is 36.4 Å². The van der Waals surface area contributed by atoms with E-state index in [1.54, 1.807) is 6.07 Å². The Bertz CT molecular complexity index is 1070. The molecular formula is C28H37F3N4O. The first-order valence-electron chi connectivity index (χ1n) is 12.8. The van der Waals surface area contributed by atoms with Crippen molar-refractivity contribution < 1.29 is 18.0 Å². The van der Waals surface area contributed by atoms with E-state index < -0.39 is 11.7 Å². The maximum absolute atomic E-state index is 13.6. The molecule has 0 unspecified atom stereocenters. The fraction of sp³-hybridized carbons (Fsp3) is 0.536. The highest BCUT2D eigenvalue weighted by molar-refractivity contribution is 5.81. The van der Waals surface area contributed by atoms with Gasteiger partial charge in [-0.1, -0.05) is 30.3 Å². The third-order valence-corrected chi connectivity index (χ3v) is 7.17. The fourth-order valence-electron chi connectivity index (χ4n) is 4.93. The molecule has 196 valence electrons. The lowest BCUT2D eigenvalue weighted by Crippen LogP contribution is -2.40. The van der Waals surface area contributed by atoms with Crippen molar-refractivity contribution in [3.05, 3.63) is 64.2 Å². The second kappa shape index (κ2) is 11.2. The zero-order valence-corrected chi connectivity index (χ0v) is 21.5. The third-order valence-electron chi connectivity index (χ3n) is 7.17. The van der Waals surface area contributed by atoms with Crippen LogP contribution in [0.3, 0.4) is 0 Å². The Morgan fingerprint density at radius 3 is 2.56 bits per heavy atom. The molecule has 4 rings (SSSR count). The molecule has 1 saturated carbocycles. The lowest BCUT2D eigenvalue weighted by Gasteiger charge is -2.31. The number of carbonyl (C=O) groups excluding carboxylic acids is 1. The number of aryl methyl sites for hydroxylation is 1. The molecule has 0 aromatic heterocycles. The summed E-state index contributed by atoms with van der Waals surface area (Å²) in [6.07, 6.45) is -0.851. The van der Waals surface area contributed by atoms with E-state index in [0.29, 0.717) is 13.1 Å². The van der Waals surface area contributed by atoms with E-state index in [2.05, 4.69) is 22.3 Å². The lowest BCUT2D eigenvalue weighted by atomic mass is 9.94. The van der Waals surface area contributed by atoms with Gasteiger partial charge in [0.1, 0.15) is 0 Å². The SMILES string of the molecule is Cc1ccc2c(c1NCC(=O)N(CCN(C)C)Cc1ccccc1C(F)(F)F)CCN(CC1CC1)C2. The van der Waals surface area contributed by atoms with Crippen molar-refractivity contribution >= 4 is 11.6 Å². The number of rotatable bonds is 10. The number of benzene rings is 2. The highest BCUT2D eigenvalue weighted by atomic mass is 19.4. The van der Waals surface area contributed by atoms with Crippen LogP contribution in [-0.2, 0) is 30.5 Å². The van der Waals surface area contributed by atoms with Crippen LogP contribution in [0.5, 0.6) is 0 Å². The highest BCUT2D eigenvalue weighted by Gasteiger charge is 2.33. The number of carbonyl (C=O) groups is 1. The largest absolute Gasteiger partial charge is 0.416 e. The molecule has 1 fully saturated rings. The van der Waals surface area contributed by atoms with Crippen molar-refractivity contribution in [1.82, 2.24) is 14.7 Å². The van der Waals surface area contributed by atoms with E-state index in [1.807, 2.05) is 25.9 Å². The molecule has 2 aromatic rings. The van der Waals surface area contributed by atoms with E-state index in [-0.39, 0.29) is 24.6 Å². The molecule has 0 bridgehead atoms. The Morgan fingerprint density at radius 1 is 1.11 bits per heavy atom. The van der Waals surface area contributed by atoms with Crippen molar-refractivity contribution in [2.75, 3.05) is 52.1 Å². The Morgan fingerprint density at radius 2 is 1.86 bits per heavy atom. The second-order valence-corrected chi connectivity index (χ2v) is 10.5. The maximum Gasteiger partial charge on any atom is 0.416 e. The molecule has 8 heteroatoms. The number of nitrogens with one attached hydrogen (secondary N) is 1. The van der Waals surface area contributed by atoms with Gasteiger partial charge in [-0.2, -0.15) is 13.2 Å². The van der Waals surface area contributed by atoms with Crippen molar-refractivity contribution in [3.63, 3.8) is 0 Å². The number of amides is 1. The van der Waals surface area contributed by atoms with Gasteiger partial charge in [-0.05, 0) is 74.5 Å². The summed E-state index contributed by atoms with van der Waals surface area (Å²) in [4.78, 5) is 19.3. The molecule has 2 aromatic carbocycles. The molecule has 1 heterocycles. The van der Waals surface area contributed by atoms with Crippen molar-refractivity contribution in [2.45, 2.75) is 45.5 Å². The van der Waals surface area contributed by atoms with Crippen LogP contribution in [0.4, 0.5) is 18.9 Å². The summed E-state index contributed by atoms with van der Waals surface area (Å²) in [7, 11) is 3.77. The molecule has 36 heavy (non-hydrogen) atoms. The van der Waals surface area contributed by atoms with E-state index in [9.17, 15) is 18.0 Å². The summed E-state index contributed by atoms with van der Waals surface area (Å²) in [5, 5.41) is 3.36. The smallest absolute Gasteiger partial charge is 0.376 e. The molecule has 0 atom stereocenters. The molecule has 1 N–H and O–H groups in total. The number of anilines is 1. The van der Waals surface area contributed by atoms with Gasteiger partial charge in [0.05, 0.1) is 12.1 Å². The van der Waals surface area contributed by atoms with Gasteiger partial charge in [0.25, 0.3) is 0 Å². The topological polar surface area (TPSA) is 38.8 Å². The molecule has 2 aliphatic rings. The molecule has 0 spiro atoms. The molecule has 1 aliphatic heterocycles. The van der Waals surface area contributed by atoms with Crippen molar-refractivity contribution in [3.8, 4) is 0 Å². The first kappa shape index (κ1) is 26.5. The van der Waals surface area contributed by atoms with Crippen molar-refractivity contribution in [1.29, 1.82) is 0 Å². The van der Waals surface area contributed by atoms with Gasteiger partial charge in [-0.25, -0.2) is 0 Å². The first-order chi connectivity index (χ1) is 17.1. The number of halogens is 3. The quantitative estimate of drug-likeness (QED) is 0.507. The average molecular weight is 503 g/mol. The second-order valence-electron chi connectivity index (χ2n) is 10.5. The van der Waals surface area contributed by atoms with Crippen LogP contribution < -0.4 is 5.32 Å². The fourth-order valence-corrected chi connectivity index (χ4v) is 4.93. The van der Waals surface area contributed by atoms with Gasteiger partial charge in [0.15, 0.2) is 0 Å². The molecule has 1 aliphatic carbocycles. The predicted molar refractivity (Wildman–Crippen MR) is 137 cm³/mol. The van der Waals surface area contributed by atoms with Gasteiger partial charge in [-0.3, -0.25) is 9.69 Å². The van der Waals surface area contributed by atoms with Gasteiger partial charge in [0.2, 0.25) is 5.91 Å². The third kappa shape index (κ3) is 6.79. The van der Waals surface area contributed by atoms with E-state index in [0.717, 1.165) is 49.3 Å². The van der Waals surface area contributed by atoms with Gasteiger partial charge < -0.3 is 15.1 Å². The Hall–Kier alpha value is -2.58. The number of fused-ring (bicyclic) bond motifs is 1. The van der Waals surface area contributed by atoms with Crippen molar-refractivity contribution in [2.24, 2.45) is 5.92 Å². The van der Waals surface area contributed by atoms with Crippen LogP contribution in [0.1, 0.15) is 40.7 Å². The summed E-state index contributed by atoms with van der Waals surface area (Å²) in [6, 6.07) is 9.78. The van der Waals surface area contributed by atoms with Gasteiger partial charge >= 0.3 is 6.18 Å². The Kier molecular flexibility index (Phi) is 8.25. The number of likely N-dealkylation sites (N-methyl/N-ethyl adjacent to an activating group) is 1. The molecular weight excluding hydrogens is 465 g/mol. The van der Waals surface area contributed by atoms with Crippen LogP contribution in [0, 0.1) is 12.8 Å². The van der Waals surface area contributed by atoms with E-state index >= 15 is 0 Å². The first-order valence-corrected chi connectivity index (χ1v) is 12.8. The van der Waals surface area contributed by atoms with E-state index in [4.69, 9.17) is 0 Å². The Labute approximate surface area is 212 Å². The number of hydrogen-bond acceptors (Lipinski definition) is 4. The van der Waals surface area contributed by atoms with Gasteiger partial charge in [0, 0.05) is 45.0 Å². The number of nitrogens with zero attached hydrogens (tertiary/aromatic N) is 3. The van der Waals surface area contributed by atoms with E-state index in [1.165, 1.54) is 41.0 Å². The van der Waals surface area contributed by atoms with Crippen LogP contribution >= 0.6 is 0 Å². The average Bonchev–Trinajstić information content (AvgIpc) is 3.64. The summed E-state index contributed by atoms with van der Waals surface area (Å²) in [5.41, 5.74) is 4.06. The minimum atomic E-state index is -4.46. The molecule has 5 nitrogen and oxygen atoms in total. The number of alkyl halides is 3. The maximum atomic E-state index is 13.6. The predicted octanol–water partition coefficient (Wildman–Crippen LogP) is 4.78. The monoisotopic (exact) mass is 502 g/mol. The summed E-state index contributed by atoms with van der Waals surface area (Å²) >= 11 is 0. The lowest BCUT2D eigenvalue weighted by molar-refractivity contribution is -0.139. The summed E-state index contributed by atoms with van der Waals surface area (Å²) in [5.74, 6) is 0.639. The number of hydrogen-bond donors (Lipinski definition) is 1. The van der Waals surface area contributed by atoms with Crippen LogP contribution in [0.2, 0.25) is 0 Å². The highest BCUT2D eigenvalue weighted by Crippen LogP contribution is 2.34. The molecule has 0 saturated heterocycles. The Balaban J connectivity index is 1.47. The zero-order valence-electron chi connectivity index (χ0n) is 21.5. The normalized spacial score (nSPS) is 16.2. The molecule has 1 amide bonds. The minimum absolute atomic E-state index is 0.0463. The summed E-state index contributed by atoms with van der Waals surface area (Å²) in [6.45, 7) is 6.02. The zero-order chi connectivity index (χ0) is 25.9. The minimum Gasteiger partial charge on any atom is -0.376 e. The molecule has 0 radical (unpaired) electrons. The summed E-state index contributed by atoms with van der Waals surface area (Å²) < 4.78 is 40.7. The van der Waals surface area contributed by atoms with Crippen LogP contribution in [0.25, 0.3) is 0 Å². The van der Waals surface area contributed by atoms with Crippen LogP contribution in [-0.4, -0.2) is 67.4 Å².